The van der Waals surface area contributed by atoms with Crippen molar-refractivity contribution >= 4 is 11.6 Å². The van der Waals surface area contributed by atoms with E-state index in [2.05, 4.69) is 9.88 Å². The molecular formula is C25H26F2N4O2. The smallest absolute Gasteiger partial charge is 0.246 e. The number of hydrogen-bond donors (Lipinski definition) is 0. The van der Waals surface area contributed by atoms with Crippen molar-refractivity contribution in [3.8, 4) is 16.8 Å². The van der Waals surface area contributed by atoms with Crippen molar-refractivity contribution in [3.63, 3.8) is 0 Å². The molecule has 0 atom stereocenters. The van der Waals surface area contributed by atoms with Crippen molar-refractivity contribution < 1.29 is 18.4 Å². The van der Waals surface area contributed by atoms with Crippen molar-refractivity contribution in [1.29, 1.82) is 0 Å². The number of carbonyl (C=O) groups excluding carboxylic acids is 1. The maximum absolute atomic E-state index is 15.0. The van der Waals surface area contributed by atoms with Crippen molar-refractivity contribution in [2.45, 2.75) is 38.7 Å². The van der Waals surface area contributed by atoms with Gasteiger partial charge in [0.1, 0.15) is 18.2 Å². The first-order valence-corrected chi connectivity index (χ1v) is 11.4. The molecule has 0 unspecified atom stereocenters. The van der Waals surface area contributed by atoms with Crippen molar-refractivity contribution in [2.75, 3.05) is 24.5 Å². The zero-order valence-electron chi connectivity index (χ0n) is 18.3. The number of imidazole rings is 1. The van der Waals surface area contributed by atoms with Crippen LogP contribution >= 0.6 is 0 Å². The van der Waals surface area contributed by atoms with Crippen LogP contribution in [-0.2, 0) is 16.2 Å². The Bertz CT molecular complexity index is 1160. The zero-order chi connectivity index (χ0) is 22.8. The van der Waals surface area contributed by atoms with Crippen LogP contribution < -0.4 is 4.90 Å². The van der Waals surface area contributed by atoms with E-state index < -0.39 is 5.82 Å². The van der Waals surface area contributed by atoms with Gasteiger partial charge in [0.2, 0.25) is 5.91 Å². The lowest BCUT2D eigenvalue weighted by Gasteiger charge is -2.29. The molecule has 5 rings (SSSR count). The van der Waals surface area contributed by atoms with Gasteiger partial charge in [0, 0.05) is 43.5 Å². The Balaban J connectivity index is 1.30. The van der Waals surface area contributed by atoms with E-state index in [4.69, 9.17) is 4.84 Å². The van der Waals surface area contributed by atoms with Gasteiger partial charge in [0.05, 0.1) is 17.7 Å². The predicted molar refractivity (Wildman–Crippen MR) is 121 cm³/mol. The SMILES string of the molecule is O=C1CCCN1OCc1cn(-c2ccc(-c3ccc(N4CCCCC4)c(F)c3)c(F)c2)cn1. The first-order valence-electron chi connectivity index (χ1n) is 11.4. The van der Waals surface area contributed by atoms with Crippen LogP contribution in [0, 0.1) is 11.6 Å². The molecule has 0 N–H and O–H groups in total. The summed E-state index contributed by atoms with van der Waals surface area (Å²) in [6, 6.07) is 9.76. The van der Waals surface area contributed by atoms with Gasteiger partial charge in [-0.15, -0.1) is 0 Å². The number of aromatic nitrogens is 2. The number of halogens is 2. The highest BCUT2D eigenvalue weighted by Gasteiger charge is 2.21. The maximum Gasteiger partial charge on any atom is 0.246 e. The van der Waals surface area contributed by atoms with E-state index in [0.29, 0.717) is 41.2 Å². The molecule has 3 heterocycles. The number of nitrogens with zero attached hydrogens (tertiary/aromatic N) is 4. The molecule has 1 amide bonds. The Morgan fingerprint density at radius 3 is 2.52 bits per heavy atom. The molecule has 8 heteroatoms. The number of hydroxylamine groups is 2. The molecule has 0 bridgehead atoms. The normalized spacial score (nSPS) is 16.6. The Hall–Kier alpha value is -3.26. The molecule has 172 valence electrons. The largest absolute Gasteiger partial charge is 0.369 e. The zero-order valence-corrected chi connectivity index (χ0v) is 18.3. The van der Waals surface area contributed by atoms with Crippen molar-refractivity contribution in [1.82, 2.24) is 14.6 Å². The van der Waals surface area contributed by atoms with Crippen LogP contribution in [-0.4, -0.2) is 40.2 Å². The summed E-state index contributed by atoms with van der Waals surface area (Å²) in [6.45, 7) is 2.46. The van der Waals surface area contributed by atoms with E-state index in [9.17, 15) is 13.6 Å². The van der Waals surface area contributed by atoms with E-state index in [1.165, 1.54) is 23.6 Å². The van der Waals surface area contributed by atoms with Gasteiger partial charge >= 0.3 is 0 Å². The third-order valence-electron chi connectivity index (χ3n) is 6.24. The molecular weight excluding hydrogens is 426 g/mol. The van der Waals surface area contributed by atoms with Crippen LogP contribution in [0.15, 0.2) is 48.9 Å². The molecule has 6 nitrogen and oxygen atoms in total. The summed E-state index contributed by atoms with van der Waals surface area (Å²) in [4.78, 5) is 23.5. The molecule has 1 aromatic heterocycles. The summed E-state index contributed by atoms with van der Waals surface area (Å²) in [5, 5.41) is 1.36. The molecule has 2 saturated heterocycles. The monoisotopic (exact) mass is 452 g/mol. The quantitative estimate of drug-likeness (QED) is 0.536. The lowest BCUT2D eigenvalue weighted by Crippen LogP contribution is -2.30. The number of piperidine rings is 1. The molecule has 2 aliphatic rings. The van der Waals surface area contributed by atoms with Crippen LogP contribution in [0.2, 0.25) is 0 Å². The fourth-order valence-electron chi connectivity index (χ4n) is 4.45. The minimum atomic E-state index is -0.438. The van der Waals surface area contributed by atoms with Gasteiger partial charge in [-0.2, -0.15) is 0 Å². The van der Waals surface area contributed by atoms with Crippen LogP contribution in [0.5, 0.6) is 0 Å². The highest BCUT2D eigenvalue weighted by atomic mass is 19.1. The van der Waals surface area contributed by atoms with Crippen LogP contribution in [0.25, 0.3) is 16.8 Å². The fraction of sp³-hybridized carbons (Fsp3) is 0.360. The highest BCUT2D eigenvalue weighted by molar-refractivity contribution is 5.76. The molecule has 0 spiro atoms. The third kappa shape index (κ3) is 4.61. The van der Waals surface area contributed by atoms with Gasteiger partial charge < -0.3 is 9.47 Å². The number of hydrogen-bond acceptors (Lipinski definition) is 4. The van der Waals surface area contributed by atoms with Gasteiger partial charge in [-0.05, 0) is 61.6 Å². The first kappa shape index (κ1) is 21.6. The van der Waals surface area contributed by atoms with Crippen molar-refractivity contribution in [3.05, 3.63) is 66.3 Å². The molecule has 2 aliphatic heterocycles. The lowest BCUT2D eigenvalue weighted by molar-refractivity contribution is -0.182. The highest BCUT2D eigenvalue weighted by Crippen LogP contribution is 2.30. The second-order valence-corrected chi connectivity index (χ2v) is 8.52. The summed E-state index contributed by atoms with van der Waals surface area (Å²) >= 11 is 0. The molecule has 0 aliphatic carbocycles. The van der Waals surface area contributed by atoms with E-state index in [-0.39, 0.29) is 18.3 Å². The van der Waals surface area contributed by atoms with E-state index in [1.807, 2.05) is 0 Å². The maximum atomic E-state index is 15.0. The number of rotatable bonds is 6. The summed E-state index contributed by atoms with van der Waals surface area (Å²) in [5.41, 5.74) is 2.66. The number of carbonyl (C=O) groups is 1. The Labute approximate surface area is 191 Å². The fourth-order valence-corrected chi connectivity index (χ4v) is 4.45. The van der Waals surface area contributed by atoms with Crippen LogP contribution in [0.4, 0.5) is 14.5 Å². The topological polar surface area (TPSA) is 50.6 Å². The average molecular weight is 453 g/mol. The molecule has 0 saturated carbocycles. The Kier molecular flexibility index (Phi) is 6.09. The standard InChI is InChI=1S/C25H26F2N4O2/c26-22-14-20(30-15-19(28-17-30)16-33-31-12-4-5-25(31)32)7-8-21(22)18-6-9-24(23(27)13-18)29-10-2-1-3-11-29/h6-9,13-15,17H,1-5,10-12,16H2. The Morgan fingerprint density at radius 1 is 0.939 bits per heavy atom. The van der Waals surface area contributed by atoms with Gasteiger partial charge in [0.15, 0.2) is 0 Å². The van der Waals surface area contributed by atoms with Gasteiger partial charge in [-0.3, -0.25) is 9.63 Å². The van der Waals surface area contributed by atoms with Gasteiger partial charge in [-0.1, -0.05) is 6.07 Å². The molecule has 3 aromatic rings. The molecule has 2 aromatic carbocycles. The summed E-state index contributed by atoms with van der Waals surface area (Å²) in [5.74, 6) is -0.784. The van der Waals surface area contributed by atoms with Crippen LogP contribution in [0.1, 0.15) is 37.8 Å². The summed E-state index contributed by atoms with van der Waals surface area (Å²) in [6.07, 6.45) is 7.92. The third-order valence-corrected chi connectivity index (χ3v) is 6.24. The summed E-state index contributed by atoms with van der Waals surface area (Å²) in [7, 11) is 0. The van der Waals surface area contributed by atoms with Gasteiger partial charge in [0.25, 0.3) is 0 Å². The lowest BCUT2D eigenvalue weighted by atomic mass is 10.0. The summed E-state index contributed by atoms with van der Waals surface area (Å²) < 4.78 is 31.5. The number of amides is 1. The minimum absolute atomic E-state index is 0.0208. The Morgan fingerprint density at radius 2 is 1.79 bits per heavy atom. The average Bonchev–Trinajstić information content (AvgIpc) is 3.47. The predicted octanol–water partition coefficient (Wildman–Crippen LogP) is 4.86. The van der Waals surface area contributed by atoms with E-state index in [1.54, 1.807) is 41.4 Å². The van der Waals surface area contributed by atoms with E-state index >= 15 is 0 Å². The first-order chi connectivity index (χ1) is 16.1. The molecule has 2 fully saturated rings. The van der Waals surface area contributed by atoms with E-state index in [0.717, 1.165) is 32.4 Å². The number of anilines is 1. The van der Waals surface area contributed by atoms with Crippen LogP contribution in [0.3, 0.4) is 0 Å². The second kappa shape index (κ2) is 9.31. The second-order valence-electron chi connectivity index (χ2n) is 8.52. The van der Waals surface area contributed by atoms with Gasteiger partial charge in [-0.25, -0.2) is 18.8 Å². The minimum Gasteiger partial charge on any atom is -0.369 e. The molecule has 0 radical (unpaired) electrons. The number of benzene rings is 2. The molecule has 33 heavy (non-hydrogen) atoms. The van der Waals surface area contributed by atoms with Crippen molar-refractivity contribution in [2.24, 2.45) is 0 Å².